The van der Waals surface area contributed by atoms with Crippen molar-refractivity contribution in [3.63, 3.8) is 0 Å². The quantitative estimate of drug-likeness (QED) is 0.680. The fourth-order valence-corrected chi connectivity index (χ4v) is 5.12. The zero-order chi connectivity index (χ0) is 19.6. The Labute approximate surface area is 159 Å². The Bertz CT molecular complexity index is 1160. The van der Waals surface area contributed by atoms with E-state index in [1.54, 1.807) is 17.8 Å². The van der Waals surface area contributed by atoms with E-state index in [2.05, 4.69) is 36.9 Å². The van der Waals surface area contributed by atoms with E-state index in [1.165, 1.54) is 16.1 Å². The summed E-state index contributed by atoms with van der Waals surface area (Å²) < 4.78 is 29.8. The van der Waals surface area contributed by atoms with E-state index in [-0.39, 0.29) is 10.3 Å². The molecule has 0 fully saturated rings. The monoisotopic (exact) mass is 384 g/mol. The smallest absolute Gasteiger partial charge is 0.265 e. The lowest BCUT2D eigenvalue weighted by atomic mass is 9.86. The summed E-state index contributed by atoms with van der Waals surface area (Å²) in [6.45, 7) is 8.80. The van der Waals surface area contributed by atoms with E-state index in [1.807, 2.05) is 19.1 Å². The molecule has 6 nitrogen and oxygen atoms in total. The van der Waals surface area contributed by atoms with Gasteiger partial charge < -0.3 is 0 Å². The lowest BCUT2D eigenvalue weighted by Crippen LogP contribution is -2.29. The van der Waals surface area contributed by atoms with Crippen molar-refractivity contribution in [3.8, 4) is 0 Å². The summed E-state index contributed by atoms with van der Waals surface area (Å²) in [6, 6.07) is 7.78. The van der Waals surface area contributed by atoms with Crippen molar-refractivity contribution >= 4 is 26.7 Å². The van der Waals surface area contributed by atoms with Gasteiger partial charge in [-0.3, -0.25) is 8.99 Å². The van der Waals surface area contributed by atoms with Gasteiger partial charge in [0.25, 0.3) is 10.0 Å². The number of nitrogens with zero attached hydrogens (tertiary/aromatic N) is 4. The molecule has 142 valence electrons. The summed E-state index contributed by atoms with van der Waals surface area (Å²) in [5.74, 6) is 0. The van der Waals surface area contributed by atoms with Gasteiger partial charge in [-0.2, -0.15) is 5.10 Å². The van der Waals surface area contributed by atoms with Gasteiger partial charge in [-0.05, 0) is 42.0 Å². The molecule has 0 atom stereocenters. The van der Waals surface area contributed by atoms with Gasteiger partial charge in [-0.25, -0.2) is 13.4 Å². The number of pyridine rings is 1. The maximum atomic E-state index is 13.3. The molecule has 0 unspecified atom stereocenters. The minimum atomic E-state index is -3.67. The second kappa shape index (κ2) is 5.79. The lowest BCUT2D eigenvalue weighted by molar-refractivity contribution is 0.590. The predicted octanol–water partition coefficient (Wildman–Crippen LogP) is 3.33. The van der Waals surface area contributed by atoms with Crippen LogP contribution in [-0.4, -0.2) is 29.7 Å². The molecule has 1 aliphatic heterocycles. The van der Waals surface area contributed by atoms with Crippen molar-refractivity contribution in [3.05, 3.63) is 47.3 Å². The molecule has 2 aromatic heterocycles. The molecule has 1 aromatic carbocycles. The molecule has 0 radical (unpaired) electrons. The molecule has 0 N–H and O–H groups in total. The molecule has 0 aliphatic carbocycles. The highest BCUT2D eigenvalue weighted by atomic mass is 32.2. The van der Waals surface area contributed by atoms with Crippen LogP contribution in [-0.2, 0) is 28.9 Å². The van der Waals surface area contributed by atoms with Crippen LogP contribution in [0.15, 0.2) is 35.4 Å². The fourth-order valence-electron chi connectivity index (χ4n) is 3.64. The fraction of sp³-hybridized carbons (Fsp3) is 0.400. The third-order valence-electron chi connectivity index (χ3n) is 5.22. The van der Waals surface area contributed by atoms with Gasteiger partial charge in [-0.1, -0.05) is 32.9 Å². The first kappa shape index (κ1) is 18.0. The lowest BCUT2D eigenvalue weighted by Gasteiger charge is -2.22. The van der Waals surface area contributed by atoms with Crippen LogP contribution in [0.3, 0.4) is 0 Å². The Morgan fingerprint density at radius 1 is 1.15 bits per heavy atom. The second-order valence-corrected chi connectivity index (χ2v) is 10.0. The average Bonchev–Trinajstić information content (AvgIpc) is 3.15. The highest BCUT2D eigenvalue weighted by Crippen LogP contribution is 2.36. The average molecular weight is 385 g/mol. The van der Waals surface area contributed by atoms with Crippen molar-refractivity contribution in [2.75, 3.05) is 10.8 Å². The molecule has 0 amide bonds. The number of rotatable bonds is 2. The molecule has 0 bridgehead atoms. The van der Waals surface area contributed by atoms with Gasteiger partial charge in [-0.15, -0.1) is 0 Å². The van der Waals surface area contributed by atoms with E-state index in [9.17, 15) is 8.42 Å². The first-order chi connectivity index (χ1) is 12.6. The molecule has 4 rings (SSSR count). The minimum absolute atomic E-state index is 0.0358. The van der Waals surface area contributed by atoms with Crippen molar-refractivity contribution < 1.29 is 8.42 Å². The molecule has 1 aliphatic rings. The maximum Gasteiger partial charge on any atom is 0.265 e. The maximum absolute atomic E-state index is 13.3. The van der Waals surface area contributed by atoms with Gasteiger partial charge >= 0.3 is 0 Å². The number of benzene rings is 1. The number of aryl methyl sites for hydroxylation is 2. The van der Waals surface area contributed by atoms with Crippen LogP contribution in [0.2, 0.25) is 0 Å². The van der Waals surface area contributed by atoms with Crippen LogP contribution < -0.4 is 4.31 Å². The Kier molecular flexibility index (Phi) is 3.86. The van der Waals surface area contributed by atoms with E-state index < -0.39 is 10.0 Å². The Morgan fingerprint density at radius 3 is 2.59 bits per heavy atom. The van der Waals surface area contributed by atoms with Gasteiger partial charge in [0.05, 0.1) is 11.4 Å². The largest absolute Gasteiger partial charge is 0.266 e. The first-order valence-corrected chi connectivity index (χ1v) is 10.5. The van der Waals surface area contributed by atoms with Crippen molar-refractivity contribution in [1.82, 2.24) is 14.8 Å². The molecule has 0 saturated heterocycles. The van der Waals surface area contributed by atoms with Gasteiger partial charge in [0, 0.05) is 25.2 Å². The standard InChI is InChI=1S/C20H24N4O2S/c1-13-17-11-16(12-21-19(17)23(5)22-13)27(25,26)24-9-8-14-10-15(20(2,3)4)6-7-18(14)24/h6-7,10-12H,8-9H2,1-5H3. The topological polar surface area (TPSA) is 68.1 Å². The van der Waals surface area contributed by atoms with E-state index >= 15 is 0 Å². The van der Waals surface area contributed by atoms with E-state index in [0.717, 1.165) is 28.8 Å². The summed E-state index contributed by atoms with van der Waals surface area (Å²) >= 11 is 0. The number of sulfonamides is 1. The summed E-state index contributed by atoms with van der Waals surface area (Å²) in [4.78, 5) is 4.54. The highest BCUT2D eigenvalue weighted by molar-refractivity contribution is 7.92. The van der Waals surface area contributed by atoms with Crippen LogP contribution in [0.5, 0.6) is 0 Å². The zero-order valence-corrected chi connectivity index (χ0v) is 17.1. The van der Waals surface area contributed by atoms with Crippen LogP contribution >= 0.6 is 0 Å². The first-order valence-electron chi connectivity index (χ1n) is 9.04. The van der Waals surface area contributed by atoms with Crippen molar-refractivity contribution in [1.29, 1.82) is 0 Å². The molecular weight excluding hydrogens is 360 g/mol. The molecular formula is C20H24N4O2S. The summed E-state index contributed by atoms with van der Waals surface area (Å²) in [5.41, 5.74) is 4.56. The molecule has 27 heavy (non-hydrogen) atoms. The van der Waals surface area contributed by atoms with E-state index in [0.29, 0.717) is 12.2 Å². The van der Waals surface area contributed by atoms with Gasteiger partial charge in [0.2, 0.25) is 0 Å². The normalized spacial score (nSPS) is 14.8. The number of hydrogen-bond acceptors (Lipinski definition) is 4. The number of hydrogen-bond donors (Lipinski definition) is 0. The highest BCUT2D eigenvalue weighted by Gasteiger charge is 2.32. The SMILES string of the molecule is Cc1nn(C)c2ncc(S(=O)(=O)N3CCc4cc(C(C)(C)C)ccc43)cc12. The summed E-state index contributed by atoms with van der Waals surface area (Å²) in [6.07, 6.45) is 2.15. The minimum Gasteiger partial charge on any atom is -0.266 e. The number of anilines is 1. The van der Waals surface area contributed by atoms with Gasteiger partial charge in [0.15, 0.2) is 5.65 Å². The summed E-state index contributed by atoms with van der Waals surface area (Å²) in [7, 11) is -1.86. The zero-order valence-electron chi connectivity index (χ0n) is 16.3. The van der Waals surface area contributed by atoms with Crippen LogP contribution in [0.4, 0.5) is 5.69 Å². The van der Waals surface area contributed by atoms with Crippen LogP contribution in [0.1, 0.15) is 37.6 Å². The third kappa shape index (κ3) is 2.81. The molecule has 7 heteroatoms. The second-order valence-electron chi connectivity index (χ2n) is 8.17. The van der Waals surface area contributed by atoms with Crippen molar-refractivity contribution in [2.45, 2.75) is 44.4 Å². The number of fused-ring (bicyclic) bond motifs is 2. The van der Waals surface area contributed by atoms with Crippen molar-refractivity contribution in [2.24, 2.45) is 7.05 Å². The molecule has 3 aromatic rings. The van der Waals surface area contributed by atoms with Gasteiger partial charge in [0.1, 0.15) is 4.90 Å². The number of aromatic nitrogens is 3. The molecule has 3 heterocycles. The Morgan fingerprint density at radius 2 is 1.89 bits per heavy atom. The molecule has 0 saturated carbocycles. The third-order valence-corrected chi connectivity index (χ3v) is 7.00. The van der Waals surface area contributed by atoms with E-state index in [4.69, 9.17) is 0 Å². The van der Waals surface area contributed by atoms with Crippen LogP contribution in [0.25, 0.3) is 11.0 Å². The summed E-state index contributed by atoms with van der Waals surface area (Å²) in [5, 5.41) is 5.09. The Hall–Kier alpha value is -2.41. The van der Waals surface area contributed by atoms with Crippen LogP contribution in [0, 0.1) is 6.92 Å². The molecule has 0 spiro atoms. The predicted molar refractivity (Wildman–Crippen MR) is 107 cm³/mol. The Balaban J connectivity index is 1.78.